The Kier molecular flexibility index (Phi) is 3.64. The van der Waals surface area contributed by atoms with Crippen LogP contribution in [0, 0.1) is 0 Å². The second kappa shape index (κ2) is 4.56. The highest BCUT2D eigenvalue weighted by Crippen LogP contribution is 2.21. The maximum atomic E-state index is 9.37. The van der Waals surface area contributed by atoms with Gasteiger partial charge in [-0.15, -0.1) is 0 Å². The molecule has 0 aromatic carbocycles. The lowest BCUT2D eigenvalue weighted by atomic mass is 9.98. The molecule has 1 heterocycles. The first kappa shape index (κ1) is 11.2. The van der Waals surface area contributed by atoms with Crippen molar-refractivity contribution >= 4 is 0 Å². The maximum Gasteiger partial charge on any atom is 0.166 e. The highest BCUT2D eigenvalue weighted by atomic mass is 16.6. The summed E-state index contributed by atoms with van der Waals surface area (Å²) in [5.74, 6) is 0. The third-order valence-corrected chi connectivity index (χ3v) is 2.05. The molecule has 1 fully saturated rings. The summed E-state index contributed by atoms with van der Waals surface area (Å²) < 4.78 is 4.71. The van der Waals surface area contributed by atoms with Crippen LogP contribution in [0.4, 0.5) is 0 Å². The van der Waals surface area contributed by atoms with Crippen LogP contribution >= 0.6 is 0 Å². The molecule has 1 aliphatic heterocycles. The molecule has 1 saturated heterocycles. The molecule has 0 bridgehead atoms. The first-order valence-corrected chi connectivity index (χ1v) is 3.96. The predicted octanol–water partition coefficient (Wildman–Crippen LogP) is -1.90. The molecule has 1 rings (SSSR count). The van der Waals surface area contributed by atoms with Crippen LogP contribution in [-0.4, -0.2) is 57.7 Å². The minimum atomic E-state index is -1.53. The Bertz CT molecular complexity index is 244. The number of azide groups is 1. The van der Waals surface area contributed by atoms with Crippen LogP contribution in [0.2, 0.25) is 0 Å². The van der Waals surface area contributed by atoms with E-state index in [4.69, 9.17) is 15.4 Å². The van der Waals surface area contributed by atoms with Gasteiger partial charge in [0.2, 0.25) is 0 Å². The van der Waals surface area contributed by atoms with Gasteiger partial charge in [-0.1, -0.05) is 5.11 Å². The molecule has 0 radical (unpaired) electrons. The lowest BCUT2D eigenvalue weighted by Gasteiger charge is -2.37. The standard InChI is InChI=1S/C6H11N3O5/c7-9-8-3-5(12)4(11)2(1-10)14-6(3)13/h2-6,10-13H,1H2/t2?,3?,4-,5?,6-/m1/s1. The molecule has 8 nitrogen and oxygen atoms in total. The van der Waals surface area contributed by atoms with Gasteiger partial charge in [0.25, 0.3) is 0 Å². The average molecular weight is 205 g/mol. The van der Waals surface area contributed by atoms with Gasteiger partial charge in [-0.05, 0) is 5.53 Å². The normalized spacial score (nSPS) is 43.0. The average Bonchev–Trinajstić information content (AvgIpc) is 2.18. The number of ether oxygens (including phenoxy) is 1. The van der Waals surface area contributed by atoms with Crippen molar-refractivity contribution in [2.75, 3.05) is 6.61 Å². The number of rotatable bonds is 2. The summed E-state index contributed by atoms with van der Waals surface area (Å²) in [7, 11) is 0. The van der Waals surface area contributed by atoms with E-state index in [2.05, 4.69) is 10.0 Å². The summed E-state index contributed by atoms with van der Waals surface area (Å²) in [6, 6.07) is -1.27. The van der Waals surface area contributed by atoms with E-state index in [9.17, 15) is 15.3 Å². The Labute approximate surface area is 79.0 Å². The molecule has 0 aromatic heterocycles. The van der Waals surface area contributed by atoms with Crippen molar-refractivity contribution in [3.63, 3.8) is 0 Å². The fourth-order valence-electron chi connectivity index (χ4n) is 1.27. The molecule has 14 heavy (non-hydrogen) atoms. The van der Waals surface area contributed by atoms with Crippen LogP contribution < -0.4 is 0 Å². The van der Waals surface area contributed by atoms with Gasteiger partial charge < -0.3 is 25.2 Å². The van der Waals surface area contributed by atoms with Gasteiger partial charge in [0.15, 0.2) is 6.29 Å². The number of nitrogens with zero attached hydrogens (tertiary/aromatic N) is 3. The van der Waals surface area contributed by atoms with Gasteiger partial charge in [0.1, 0.15) is 18.2 Å². The summed E-state index contributed by atoms with van der Waals surface area (Å²) in [6.07, 6.45) is -5.45. The van der Waals surface area contributed by atoms with E-state index < -0.39 is 37.3 Å². The third kappa shape index (κ3) is 1.95. The summed E-state index contributed by atoms with van der Waals surface area (Å²) in [4.78, 5) is 2.40. The van der Waals surface area contributed by atoms with E-state index in [1.54, 1.807) is 0 Å². The topological polar surface area (TPSA) is 139 Å². The van der Waals surface area contributed by atoms with Crippen molar-refractivity contribution in [2.24, 2.45) is 5.11 Å². The predicted molar refractivity (Wildman–Crippen MR) is 42.9 cm³/mol. The Morgan fingerprint density at radius 2 is 1.93 bits per heavy atom. The van der Waals surface area contributed by atoms with Crippen LogP contribution in [-0.2, 0) is 4.74 Å². The number of hydrogen-bond donors (Lipinski definition) is 4. The van der Waals surface area contributed by atoms with Crippen LogP contribution in [0.1, 0.15) is 0 Å². The summed E-state index contributed by atoms with van der Waals surface area (Å²) in [5, 5.41) is 39.7. The molecule has 4 N–H and O–H groups in total. The highest BCUT2D eigenvalue weighted by molar-refractivity contribution is 4.92. The van der Waals surface area contributed by atoms with E-state index in [1.807, 2.05) is 0 Å². The van der Waals surface area contributed by atoms with Crippen LogP contribution in [0.15, 0.2) is 5.11 Å². The molecular weight excluding hydrogens is 194 g/mol. The largest absolute Gasteiger partial charge is 0.394 e. The second-order valence-electron chi connectivity index (χ2n) is 2.92. The molecule has 8 heteroatoms. The zero-order valence-electron chi connectivity index (χ0n) is 7.13. The van der Waals surface area contributed by atoms with E-state index in [0.717, 1.165) is 0 Å². The second-order valence-corrected chi connectivity index (χ2v) is 2.92. The highest BCUT2D eigenvalue weighted by Gasteiger charge is 2.43. The fraction of sp³-hybridized carbons (Fsp3) is 1.00. The molecule has 0 spiro atoms. The molecule has 1 aliphatic rings. The Morgan fingerprint density at radius 3 is 2.43 bits per heavy atom. The molecule has 80 valence electrons. The van der Waals surface area contributed by atoms with E-state index in [1.165, 1.54) is 0 Å². The summed E-state index contributed by atoms with van der Waals surface area (Å²) in [5.41, 5.74) is 8.11. The quantitative estimate of drug-likeness (QED) is 0.237. The van der Waals surface area contributed by atoms with Gasteiger partial charge in [-0.3, -0.25) is 0 Å². The van der Waals surface area contributed by atoms with E-state index >= 15 is 0 Å². The van der Waals surface area contributed by atoms with Gasteiger partial charge in [0, 0.05) is 4.91 Å². The van der Waals surface area contributed by atoms with Crippen LogP contribution in [0.5, 0.6) is 0 Å². The first-order valence-electron chi connectivity index (χ1n) is 3.96. The van der Waals surface area contributed by atoms with Crippen LogP contribution in [0.25, 0.3) is 10.4 Å². The van der Waals surface area contributed by atoms with E-state index in [-0.39, 0.29) is 0 Å². The summed E-state index contributed by atoms with van der Waals surface area (Å²) >= 11 is 0. The van der Waals surface area contributed by atoms with Gasteiger partial charge in [-0.25, -0.2) is 0 Å². The lowest BCUT2D eigenvalue weighted by molar-refractivity contribution is -0.248. The molecule has 0 amide bonds. The zero-order chi connectivity index (χ0) is 10.7. The monoisotopic (exact) mass is 205 g/mol. The SMILES string of the molecule is [N-]=[N+]=NC1C(O)[C@H](O)C(CO)O[C@H]1O. The van der Waals surface area contributed by atoms with Gasteiger partial charge >= 0.3 is 0 Å². The number of aliphatic hydroxyl groups excluding tert-OH is 4. The van der Waals surface area contributed by atoms with Crippen molar-refractivity contribution in [1.82, 2.24) is 0 Å². The Hall–Kier alpha value is -0.890. The molecular formula is C6H11N3O5. The Morgan fingerprint density at radius 1 is 1.29 bits per heavy atom. The van der Waals surface area contributed by atoms with Crippen LogP contribution in [0.3, 0.4) is 0 Å². The van der Waals surface area contributed by atoms with Gasteiger partial charge in [0.05, 0.1) is 12.7 Å². The van der Waals surface area contributed by atoms with Crippen molar-refractivity contribution in [2.45, 2.75) is 30.6 Å². The lowest BCUT2D eigenvalue weighted by Crippen LogP contribution is -2.57. The minimum absolute atomic E-state index is 0.543. The molecule has 0 saturated carbocycles. The van der Waals surface area contributed by atoms with E-state index in [0.29, 0.717) is 0 Å². The molecule has 5 atom stereocenters. The zero-order valence-corrected chi connectivity index (χ0v) is 7.13. The third-order valence-electron chi connectivity index (χ3n) is 2.05. The first-order chi connectivity index (χ1) is 6.61. The molecule has 0 aliphatic carbocycles. The summed E-state index contributed by atoms with van der Waals surface area (Å²) in [6.45, 7) is -0.543. The Balaban J connectivity index is 2.78. The van der Waals surface area contributed by atoms with Crippen molar-refractivity contribution in [1.29, 1.82) is 0 Å². The van der Waals surface area contributed by atoms with Gasteiger partial charge in [-0.2, -0.15) is 0 Å². The van der Waals surface area contributed by atoms with Crippen molar-refractivity contribution in [3.8, 4) is 0 Å². The number of aliphatic hydroxyl groups is 4. The molecule has 3 unspecified atom stereocenters. The maximum absolute atomic E-state index is 9.37. The smallest absolute Gasteiger partial charge is 0.166 e. The minimum Gasteiger partial charge on any atom is -0.394 e. The van der Waals surface area contributed by atoms with Crippen molar-refractivity contribution < 1.29 is 25.2 Å². The van der Waals surface area contributed by atoms with Crippen molar-refractivity contribution in [3.05, 3.63) is 10.4 Å². The molecule has 0 aromatic rings. The fourth-order valence-corrected chi connectivity index (χ4v) is 1.27. The number of hydrogen-bond acceptors (Lipinski definition) is 6.